The molecule has 7 nitrogen and oxygen atoms in total. The summed E-state index contributed by atoms with van der Waals surface area (Å²) in [6, 6.07) is 4.88. The number of sulfonamides is 1. The molecule has 1 N–H and O–H groups in total. The third-order valence-electron chi connectivity index (χ3n) is 3.78. The maximum absolute atomic E-state index is 12.1. The average Bonchev–Trinajstić information content (AvgIpc) is 2.53. The number of hydrogen-bond donors (Lipinski definition) is 1. The average molecular weight is 328 g/mol. The summed E-state index contributed by atoms with van der Waals surface area (Å²) >= 11 is 0. The maximum atomic E-state index is 12.1. The van der Waals surface area contributed by atoms with Crippen LogP contribution in [0.5, 0.6) is 0 Å². The quantitative estimate of drug-likeness (QED) is 0.469. The lowest BCUT2D eigenvalue weighted by Gasteiger charge is -2.21. The topological polar surface area (TPSA) is 98.5 Å². The number of non-ortho nitro benzene ring substituents is 1. The second kappa shape index (κ2) is 7.66. The van der Waals surface area contributed by atoms with Crippen LogP contribution in [0.3, 0.4) is 0 Å². The van der Waals surface area contributed by atoms with E-state index in [1.165, 1.54) is 24.3 Å². The number of hydrogen-bond acceptors (Lipinski definition) is 5. The van der Waals surface area contributed by atoms with Gasteiger partial charge in [-0.05, 0) is 43.7 Å². The Morgan fingerprint density at radius 3 is 2.45 bits per heavy atom. The second-order valence-electron chi connectivity index (χ2n) is 5.35. The minimum Gasteiger partial charge on any atom is -0.381 e. The minimum absolute atomic E-state index is 0.0455. The highest BCUT2D eigenvalue weighted by Crippen LogP contribution is 2.20. The van der Waals surface area contributed by atoms with Gasteiger partial charge >= 0.3 is 0 Å². The molecule has 1 aromatic carbocycles. The van der Waals surface area contributed by atoms with Crippen molar-refractivity contribution in [1.82, 2.24) is 4.72 Å². The number of nitro groups is 1. The van der Waals surface area contributed by atoms with Crippen LogP contribution in [0.2, 0.25) is 0 Å². The van der Waals surface area contributed by atoms with Gasteiger partial charge in [0.2, 0.25) is 10.0 Å². The van der Waals surface area contributed by atoms with Gasteiger partial charge in [0.15, 0.2) is 0 Å². The molecule has 0 radical (unpaired) electrons. The molecule has 122 valence electrons. The zero-order valence-electron chi connectivity index (χ0n) is 12.2. The van der Waals surface area contributed by atoms with Crippen LogP contribution >= 0.6 is 0 Å². The molecule has 0 atom stereocenters. The van der Waals surface area contributed by atoms with Crippen LogP contribution in [0.25, 0.3) is 0 Å². The van der Waals surface area contributed by atoms with E-state index in [4.69, 9.17) is 4.74 Å². The van der Waals surface area contributed by atoms with E-state index in [2.05, 4.69) is 4.72 Å². The first-order valence-corrected chi connectivity index (χ1v) is 8.79. The fraction of sp³-hybridized carbons (Fsp3) is 0.571. The molecule has 1 saturated heterocycles. The predicted octanol–water partition coefficient (Wildman–Crippen LogP) is 2.08. The Kier molecular flexibility index (Phi) is 5.87. The van der Waals surface area contributed by atoms with E-state index >= 15 is 0 Å². The normalized spacial score (nSPS) is 16.5. The van der Waals surface area contributed by atoms with E-state index in [-0.39, 0.29) is 10.6 Å². The van der Waals surface area contributed by atoms with Gasteiger partial charge in [-0.2, -0.15) is 0 Å². The first kappa shape index (κ1) is 16.9. The summed E-state index contributed by atoms with van der Waals surface area (Å²) in [4.78, 5) is 10.0. The number of ether oxygens (including phenoxy) is 1. The van der Waals surface area contributed by atoms with E-state index in [0.717, 1.165) is 38.9 Å². The Balaban J connectivity index is 1.81. The highest BCUT2D eigenvalue weighted by molar-refractivity contribution is 7.89. The number of nitrogens with one attached hydrogen (secondary N) is 1. The predicted molar refractivity (Wildman–Crippen MR) is 81.1 cm³/mol. The van der Waals surface area contributed by atoms with E-state index in [1.54, 1.807) is 0 Å². The van der Waals surface area contributed by atoms with Gasteiger partial charge in [0.05, 0.1) is 9.82 Å². The molecular formula is C14H20N2O5S. The first-order chi connectivity index (χ1) is 10.5. The van der Waals surface area contributed by atoms with Crippen molar-refractivity contribution >= 4 is 15.7 Å². The molecule has 0 aliphatic carbocycles. The fourth-order valence-electron chi connectivity index (χ4n) is 2.46. The molecule has 1 aliphatic rings. The lowest BCUT2D eigenvalue weighted by atomic mass is 9.95. The van der Waals surface area contributed by atoms with Crippen molar-refractivity contribution in [2.24, 2.45) is 5.92 Å². The summed E-state index contributed by atoms with van der Waals surface area (Å²) in [7, 11) is -3.60. The van der Waals surface area contributed by atoms with Crippen LogP contribution < -0.4 is 4.72 Å². The van der Waals surface area contributed by atoms with Crippen LogP contribution in [0, 0.1) is 16.0 Å². The van der Waals surface area contributed by atoms with Crippen LogP contribution in [0.15, 0.2) is 29.2 Å². The molecule has 1 heterocycles. The van der Waals surface area contributed by atoms with Gasteiger partial charge in [0.1, 0.15) is 0 Å². The molecule has 0 spiro atoms. The zero-order chi connectivity index (χ0) is 16.0. The third kappa shape index (κ3) is 4.75. The molecule has 1 fully saturated rings. The van der Waals surface area contributed by atoms with Gasteiger partial charge < -0.3 is 4.74 Å². The number of rotatable bonds is 7. The molecule has 0 aromatic heterocycles. The summed E-state index contributed by atoms with van der Waals surface area (Å²) in [5, 5.41) is 10.6. The van der Waals surface area contributed by atoms with Gasteiger partial charge in [0.25, 0.3) is 5.69 Å². The maximum Gasteiger partial charge on any atom is 0.269 e. The summed E-state index contributed by atoms with van der Waals surface area (Å²) in [5.41, 5.74) is -0.126. The van der Waals surface area contributed by atoms with Gasteiger partial charge in [-0.3, -0.25) is 10.1 Å². The Morgan fingerprint density at radius 1 is 1.23 bits per heavy atom. The molecule has 0 bridgehead atoms. The second-order valence-corrected chi connectivity index (χ2v) is 7.11. The van der Waals surface area contributed by atoms with Crippen molar-refractivity contribution in [2.45, 2.75) is 30.6 Å². The Hall–Kier alpha value is -1.51. The molecule has 8 heteroatoms. The van der Waals surface area contributed by atoms with E-state index in [1.807, 2.05) is 0 Å². The molecule has 0 saturated carbocycles. The van der Waals surface area contributed by atoms with Gasteiger partial charge in [-0.1, -0.05) is 0 Å². The Morgan fingerprint density at radius 2 is 1.86 bits per heavy atom. The van der Waals surface area contributed by atoms with E-state index in [0.29, 0.717) is 12.5 Å². The number of benzene rings is 1. The monoisotopic (exact) mass is 328 g/mol. The molecule has 1 aromatic rings. The van der Waals surface area contributed by atoms with Crippen LogP contribution in [-0.2, 0) is 14.8 Å². The highest BCUT2D eigenvalue weighted by Gasteiger charge is 2.16. The van der Waals surface area contributed by atoms with Crippen molar-refractivity contribution in [3.8, 4) is 0 Å². The molecule has 2 rings (SSSR count). The number of nitro benzene ring substituents is 1. The standard InChI is InChI=1S/C14H20N2O5S/c17-16(18)13-3-5-14(6-4-13)22(19,20)15-9-1-2-12-7-10-21-11-8-12/h3-6,12,15H,1-2,7-11H2. The highest BCUT2D eigenvalue weighted by atomic mass is 32.2. The SMILES string of the molecule is O=[N+]([O-])c1ccc(S(=O)(=O)NCCCC2CCOCC2)cc1. The van der Waals surface area contributed by atoms with E-state index < -0.39 is 14.9 Å². The molecule has 0 unspecified atom stereocenters. The van der Waals surface area contributed by atoms with Crippen molar-refractivity contribution < 1.29 is 18.1 Å². The summed E-state index contributed by atoms with van der Waals surface area (Å²) in [5.74, 6) is 0.609. The van der Waals surface area contributed by atoms with Crippen LogP contribution in [-0.4, -0.2) is 33.1 Å². The minimum atomic E-state index is -3.60. The third-order valence-corrected chi connectivity index (χ3v) is 5.26. The largest absolute Gasteiger partial charge is 0.381 e. The molecule has 22 heavy (non-hydrogen) atoms. The summed E-state index contributed by atoms with van der Waals surface area (Å²) in [6.07, 6.45) is 3.83. The summed E-state index contributed by atoms with van der Waals surface area (Å²) in [6.45, 7) is 1.95. The van der Waals surface area contributed by atoms with Crippen LogP contribution in [0.4, 0.5) is 5.69 Å². The smallest absolute Gasteiger partial charge is 0.269 e. The van der Waals surface area contributed by atoms with Crippen molar-refractivity contribution in [2.75, 3.05) is 19.8 Å². The van der Waals surface area contributed by atoms with E-state index in [9.17, 15) is 18.5 Å². The lowest BCUT2D eigenvalue weighted by molar-refractivity contribution is -0.384. The number of nitrogens with zero attached hydrogens (tertiary/aromatic N) is 1. The summed E-state index contributed by atoms with van der Waals surface area (Å²) < 4.78 is 31.9. The van der Waals surface area contributed by atoms with Crippen molar-refractivity contribution in [3.05, 3.63) is 34.4 Å². The lowest BCUT2D eigenvalue weighted by Crippen LogP contribution is -2.25. The van der Waals surface area contributed by atoms with Crippen molar-refractivity contribution in [3.63, 3.8) is 0 Å². The molecular weight excluding hydrogens is 308 g/mol. The van der Waals surface area contributed by atoms with Gasteiger partial charge in [-0.15, -0.1) is 0 Å². The van der Waals surface area contributed by atoms with Gasteiger partial charge in [0, 0.05) is 31.9 Å². The van der Waals surface area contributed by atoms with Crippen molar-refractivity contribution in [1.29, 1.82) is 0 Å². The zero-order valence-corrected chi connectivity index (χ0v) is 13.0. The fourth-order valence-corrected chi connectivity index (χ4v) is 3.54. The molecule has 0 amide bonds. The van der Waals surface area contributed by atoms with Crippen LogP contribution in [0.1, 0.15) is 25.7 Å². The Labute approximate surface area is 129 Å². The molecule has 1 aliphatic heterocycles. The Bertz CT molecular complexity index is 594. The first-order valence-electron chi connectivity index (χ1n) is 7.31. The van der Waals surface area contributed by atoms with Gasteiger partial charge in [-0.25, -0.2) is 13.1 Å².